The Morgan fingerprint density at radius 1 is 1.35 bits per heavy atom. The molecule has 0 saturated heterocycles. The van der Waals surface area contributed by atoms with Crippen molar-refractivity contribution in [2.75, 3.05) is 13.7 Å². The third-order valence-corrected chi connectivity index (χ3v) is 3.58. The van der Waals surface area contributed by atoms with Crippen LogP contribution in [0, 0.1) is 0 Å². The van der Waals surface area contributed by atoms with Gasteiger partial charge in [0.2, 0.25) is 0 Å². The minimum absolute atomic E-state index is 0.340. The minimum atomic E-state index is -0.340. The van der Waals surface area contributed by atoms with E-state index in [-0.39, 0.29) is 5.97 Å². The van der Waals surface area contributed by atoms with Crippen LogP contribution in [0.4, 0.5) is 0 Å². The van der Waals surface area contributed by atoms with Gasteiger partial charge in [0.1, 0.15) is 11.4 Å². The number of nitrogens with zero attached hydrogens (tertiary/aromatic N) is 1. The molecule has 0 unspecified atom stereocenters. The van der Waals surface area contributed by atoms with E-state index in [1.54, 1.807) is 14.0 Å². The van der Waals surface area contributed by atoms with Crippen LogP contribution in [-0.2, 0) is 17.6 Å². The summed E-state index contributed by atoms with van der Waals surface area (Å²) >= 11 is 0. The zero-order valence-corrected chi connectivity index (χ0v) is 11.5. The highest BCUT2D eigenvalue weighted by molar-refractivity contribution is 5.92. The fourth-order valence-corrected chi connectivity index (χ4v) is 2.69. The van der Waals surface area contributed by atoms with E-state index in [0.29, 0.717) is 12.3 Å². The number of aromatic nitrogens is 2. The summed E-state index contributed by atoms with van der Waals surface area (Å²) < 4.78 is 10.4. The number of carbonyl (C=O) groups is 1. The first-order chi connectivity index (χ1) is 9.76. The Morgan fingerprint density at radius 3 is 2.90 bits per heavy atom. The monoisotopic (exact) mass is 272 g/mol. The van der Waals surface area contributed by atoms with Gasteiger partial charge in [0.15, 0.2) is 0 Å². The fourth-order valence-electron chi connectivity index (χ4n) is 2.69. The molecule has 0 saturated carbocycles. The molecule has 0 radical (unpaired) electrons. The lowest BCUT2D eigenvalue weighted by atomic mass is 9.88. The summed E-state index contributed by atoms with van der Waals surface area (Å²) in [5.74, 6) is 0.529. The number of H-pyrrole nitrogens is 1. The van der Waals surface area contributed by atoms with Crippen LogP contribution >= 0.6 is 0 Å². The number of nitrogens with one attached hydrogen (secondary N) is 1. The number of hydrogen-bond donors (Lipinski definition) is 1. The van der Waals surface area contributed by atoms with Gasteiger partial charge in [-0.2, -0.15) is 5.10 Å². The van der Waals surface area contributed by atoms with Crippen LogP contribution in [0.5, 0.6) is 5.75 Å². The topological polar surface area (TPSA) is 64.2 Å². The van der Waals surface area contributed by atoms with Crippen molar-refractivity contribution in [1.29, 1.82) is 0 Å². The quantitative estimate of drug-likeness (QED) is 0.871. The van der Waals surface area contributed by atoms with Gasteiger partial charge in [-0.05, 0) is 25.8 Å². The highest BCUT2D eigenvalue weighted by Gasteiger charge is 2.27. The molecule has 0 fully saturated rings. The van der Waals surface area contributed by atoms with E-state index < -0.39 is 0 Å². The Bertz CT molecular complexity index is 661. The normalized spacial score (nSPS) is 12.5. The molecule has 1 aliphatic rings. The molecule has 1 aliphatic carbocycles. The van der Waals surface area contributed by atoms with Crippen LogP contribution in [0.3, 0.4) is 0 Å². The zero-order chi connectivity index (χ0) is 14.1. The summed E-state index contributed by atoms with van der Waals surface area (Å²) in [6, 6.07) is 5.89. The lowest BCUT2D eigenvalue weighted by Gasteiger charge is -2.18. The number of methoxy groups -OCH3 is 1. The lowest BCUT2D eigenvalue weighted by molar-refractivity contribution is 0.0518. The molecule has 104 valence electrons. The molecule has 0 bridgehead atoms. The third kappa shape index (κ3) is 1.86. The largest absolute Gasteiger partial charge is 0.496 e. The van der Waals surface area contributed by atoms with Crippen LogP contribution in [0.1, 0.15) is 28.5 Å². The van der Waals surface area contributed by atoms with Gasteiger partial charge in [-0.1, -0.05) is 12.1 Å². The molecule has 0 atom stereocenters. The number of rotatable bonds is 3. The van der Waals surface area contributed by atoms with Gasteiger partial charge in [0.05, 0.1) is 19.4 Å². The van der Waals surface area contributed by atoms with Crippen molar-refractivity contribution in [2.24, 2.45) is 0 Å². The Balaban J connectivity index is 2.08. The number of hydrogen-bond acceptors (Lipinski definition) is 4. The van der Waals surface area contributed by atoms with Gasteiger partial charge in [-0.25, -0.2) is 4.79 Å². The van der Waals surface area contributed by atoms with Gasteiger partial charge >= 0.3 is 5.97 Å². The molecule has 20 heavy (non-hydrogen) atoms. The maximum atomic E-state index is 11.9. The van der Waals surface area contributed by atoms with Crippen LogP contribution in [-0.4, -0.2) is 29.9 Å². The summed E-state index contributed by atoms with van der Waals surface area (Å²) in [5.41, 5.74) is 4.40. The third-order valence-electron chi connectivity index (χ3n) is 3.58. The molecular formula is C15H16N2O3. The van der Waals surface area contributed by atoms with E-state index in [1.807, 2.05) is 18.2 Å². The van der Waals surface area contributed by atoms with Gasteiger partial charge in [0, 0.05) is 16.7 Å². The molecule has 2 aromatic rings. The minimum Gasteiger partial charge on any atom is -0.496 e. The molecule has 1 heterocycles. The number of fused-ring (bicyclic) bond motifs is 3. The van der Waals surface area contributed by atoms with Crippen molar-refractivity contribution in [3.63, 3.8) is 0 Å². The summed E-state index contributed by atoms with van der Waals surface area (Å²) in [4.78, 5) is 11.9. The van der Waals surface area contributed by atoms with Crippen molar-refractivity contribution >= 4 is 5.97 Å². The van der Waals surface area contributed by atoms with Gasteiger partial charge in [-0.3, -0.25) is 5.10 Å². The Morgan fingerprint density at radius 2 is 2.15 bits per heavy atom. The lowest BCUT2D eigenvalue weighted by Crippen LogP contribution is -2.11. The van der Waals surface area contributed by atoms with Crippen LogP contribution < -0.4 is 4.74 Å². The zero-order valence-electron chi connectivity index (χ0n) is 11.5. The first-order valence-corrected chi connectivity index (χ1v) is 6.66. The van der Waals surface area contributed by atoms with Crippen LogP contribution in [0.15, 0.2) is 18.2 Å². The number of ether oxygens (including phenoxy) is 2. The molecule has 3 rings (SSSR count). The van der Waals surface area contributed by atoms with E-state index in [9.17, 15) is 4.79 Å². The maximum Gasteiger partial charge on any atom is 0.356 e. The standard InChI is InChI=1S/C15H16N2O3/c1-3-20-15(18)14-11-8-7-9-10(13(11)16-17-14)5-4-6-12(9)19-2/h4-6H,3,7-8H2,1-2H3,(H,16,17). The van der Waals surface area contributed by atoms with E-state index >= 15 is 0 Å². The second-order valence-electron chi connectivity index (χ2n) is 4.63. The highest BCUT2D eigenvalue weighted by Crippen LogP contribution is 2.38. The summed E-state index contributed by atoms with van der Waals surface area (Å²) in [7, 11) is 1.67. The number of aromatic amines is 1. The number of esters is 1. The van der Waals surface area contributed by atoms with Gasteiger partial charge in [-0.15, -0.1) is 0 Å². The molecule has 5 nitrogen and oxygen atoms in total. The average molecular weight is 272 g/mol. The Labute approximate surface area is 116 Å². The molecule has 5 heteroatoms. The van der Waals surface area contributed by atoms with Crippen molar-refractivity contribution in [1.82, 2.24) is 10.2 Å². The first kappa shape index (κ1) is 12.7. The molecule has 1 aromatic heterocycles. The molecule has 0 amide bonds. The maximum absolute atomic E-state index is 11.9. The first-order valence-electron chi connectivity index (χ1n) is 6.66. The molecule has 0 aliphatic heterocycles. The van der Waals surface area contributed by atoms with Crippen molar-refractivity contribution in [3.05, 3.63) is 35.0 Å². The Hall–Kier alpha value is -2.30. The van der Waals surface area contributed by atoms with Crippen molar-refractivity contribution < 1.29 is 14.3 Å². The molecule has 1 aromatic carbocycles. The smallest absolute Gasteiger partial charge is 0.356 e. The van der Waals surface area contributed by atoms with E-state index in [0.717, 1.165) is 41.0 Å². The summed E-state index contributed by atoms with van der Waals surface area (Å²) in [6.07, 6.45) is 1.59. The second kappa shape index (κ2) is 5.00. The molecule has 0 spiro atoms. The van der Waals surface area contributed by atoms with E-state index in [1.165, 1.54) is 0 Å². The number of carbonyl (C=O) groups excluding carboxylic acids is 1. The van der Waals surface area contributed by atoms with E-state index in [4.69, 9.17) is 9.47 Å². The van der Waals surface area contributed by atoms with Crippen molar-refractivity contribution in [3.8, 4) is 17.0 Å². The van der Waals surface area contributed by atoms with Crippen LogP contribution in [0.25, 0.3) is 11.3 Å². The van der Waals surface area contributed by atoms with Crippen molar-refractivity contribution in [2.45, 2.75) is 19.8 Å². The molecular weight excluding hydrogens is 256 g/mol. The predicted octanol–water partition coefficient (Wildman–Crippen LogP) is 2.36. The SMILES string of the molecule is CCOC(=O)c1[nH]nc2c1CCc1c(OC)cccc1-2. The summed E-state index contributed by atoms with van der Waals surface area (Å²) in [6.45, 7) is 2.15. The predicted molar refractivity (Wildman–Crippen MR) is 73.9 cm³/mol. The molecule has 1 N–H and O–H groups in total. The average Bonchev–Trinajstić information content (AvgIpc) is 2.91. The number of benzene rings is 1. The van der Waals surface area contributed by atoms with Gasteiger partial charge in [0.25, 0.3) is 0 Å². The Kier molecular flexibility index (Phi) is 3.18. The second-order valence-corrected chi connectivity index (χ2v) is 4.63. The summed E-state index contributed by atoms with van der Waals surface area (Å²) in [5, 5.41) is 7.11. The van der Waals surface area contributed by atoms with Crippen LogP contribution in [0.2, 0.25) is 0 Å². The van der Waals surface area contributed by atoms with E-state index in [2.05, 4.69) is 10.2 Å². The fraction of sp³-hybridized carbons (Fsp3) is 0.333. The van der Waals surface area contributed by atoms with Gasteiger partial charge < -0.3 is 9.47 Å². The highest BCUT2D eigenvalue weighted by atomic mass is 16.5.